The normalized spacial score (nSPS) is 10.7. The minimum atomic E-state index is -0.121. The lowest BCUT2D eigenvalue weighted by atomic mass is 10.1. The molecule has 0 saturated carbocycles. The number of carbonyl (C=O) groups is 1. The largest absolute Gasteiger partial charge is 0.496 e. The zero-order valence-corrected chi connectivity index (χ0v) is 17.8. The Kier molecular flexibility index (Phi) is 6.00. The summed E-state index contributed by atoms with van der Waals surface area (Å²) in [5.41, 5.74) is 2.98. The highest BCUT2D eigenvalue weighted by atomic mass is 35.5. The van der Waals surface area contributed by atoms with Crippen molar-refractivity contribution in [1.82, 2.24) is 15.1 Å². The number of carbonyl (C=O) groups excluding carboxylic acids is 1. The Morgan fingerprint density at radius 1 is 0.968 bits per heavy atom. The van der Waals surface area contributed by atoms with Crippen LogP contribution in [0.15, 0.2) is 77.2 Å². The van der Waals surface area contributed by atoms with Crippen LogP contribution in [0.1, 0.15) is 15.9 Å². The van der Waals surface area contributed by atoms with E-state index in [9.17, 15) is 4.79 Å². The van der Waals surface area contributed by atoms with Gasteiger partial charge in [0, 0.05) is 40.9 Å². The average molecular weight is 434 g/mol. The summed E-state index contributed by atoms with van der Waals surface area (Å²) < 4.78 is 11.1. The summed E-state index contributed by atoms with van der Waals surface area (Å²) in [6.07, 6.45) is 0. The van der Waals surface area contributed by atoms with Crippen LogP contribution in [0.3, 0.4) is 0 Å². The fourth-order valence-electron chi connectivity index (χ4n) is 3.21. The van der Waals surface area contributed by atoms with E-state index < -0.39 is 0 Å². The molecule has 6 nitrogen and oxygen atoms in total. The van der Waals surface area contributed by atoms with Gasteiger partial charge >= 0.3 is 0 Å². The van der Waals surface area contributed by atoms with E-state index in [-0.39, 0.29) is 5.91 Å². The zero-order valence-electron chi connectivity index (χ0n) is 17.1. The van der Waals surface area contributed by atoms with E-state index in [1.54, 1.807) is 61.5 Å². The molecule has 0 fully saturated rings. The summed E-state index contributed by atoms with van der Waals surface area (Å²) in [4.78, 5) is 14.5. The van der Waals surface area contributed by atoms with Gasteiger partial charge in [-0.15, -0.1) is 10.2 Å². The molecule has 0 radical (unpaired) electrons. The van der Waals surface area contributed by atoms with Gasteiger partial charge in [0.1, 0.15) is 5.75 Å². The molecule has 31 heavy (non-hydrogen) atoms. The molecular formula is C24H20ClN3O3. The van der Waals surface area contributed by atoms with Gasteiger partial charge in [-0.1, -0.05) is 29.8 Å². The maximum absolute atomic E-state index is 12.9. The lowest BCUT2D eigenvalue weighted by Crippen LogP contribution is -2.26. The number of benzene rings is 3. The van der Waals surface area contributed by atoms with E-state index in [4.69, 9.17) is 20.8 Å². The fourth-order valence-corrected chi connectivity index (χ4v) is 3.41. The lowest BCUT2D eigenvalue weighted by molar-refractivity contribution is 0.0784. The molecule has 1 amide bonds. The second-order valence-corrected chi connectivity index (χ2v) is 7.41. The first kappa shape index (κ1) is 20.6. The smallest absolute Gasteiger partial charge is 0.253 e. The molecule has 4 aromatic rings. The molecule has 0 atom stereocenters. The topological polar surface area (TPSA) is 68.5 Å². The molecule has 0 aliphatic carbocycles. The Balaban J connectivity index is 1.48. The summed E-state index contributed by atoms with van der Waals surface area (Å²) in [7, 11) is 3.33. The molecule has 0 bridgehead atoms. The number of nitrogens with zero attached hydrogens (tertiary/aromatic N) is 3. The van der Waals surface area contributed by atoms with Crippen molar-refractivity contribution in [3.8, 4) is 28.7 Å². The number of halogens is 1. The predicted octanol–water partition coefficient (Wildman–Crippen LogP) is 5.34. The van der Waals surface area contributed by atoms with E-state index in [2.05, 4.69) is 10.2 Å². The second kappa shape index (κ2) is 9.02. The third kappa shape index (κ3) is 4.59. The number of hydrogen-bond acceptors (Lipinski definition) is 5. The lowest BCUT2D eigenvalue weighted by Gasteiger charge is -2.19. The summed E-state index contributed by atoms with van der Waals surface area (Å²) in [6, 6.07) is 22.0. The number of amides is 1. The van der Waals surface area contributed by atoms with Crippen molar-refractivity contribution >= 4 is 17.5 Å². The van der Waals surface area contributed by atoms with Gasteiger partial charge in [0.25, 0.3) is 5.91 Å². The first-order chi connectivity index (χ1) is 15.0. The molecule has 1 heterocycles. The third-order valence-corrected chi connectivity index (χ3v) is 5.06. The highest BCUT2D eigenvalue weighted by molar-refractivity contribution is 6.30. The number of rotatable bonds is 6. The molecule has 0 spiro atoms. The molecule has 0 aliphatic heterocycles. The molecule has 7 heteroatoms. The van der Waals surface area contributed by atoms with Gasteiger partial charge in [-0.3, -0.25) is 4.79 Å². The minimum absolute atomic E-state index is 0.121. The predicted molar refractivity (Wildman–Crippen MR) is 119 cm³/mol. The van der Waals surface area contributed by atoms with Crippen LogP contribution >= 0.6 is 11.6 Å². The summed E-state index contributed by atoms with van der Waals surface area (Å²) in [5.74, 6) is 1.41. The summed E-state index contributed by atoms with van der Waals surface area (Å²) in [6.45, 7) is 0.369. The number of ether oxygens (including phenoxy) is 1. The summed E-state index contributed by atoms with van der Waals surface area (Å²) in [5, 5.41) is 8.81. The Morgan fingerprint density at radius 3 is 2.26 bits per heavy atom. The van der Waals surface area contributed by atoms with Crippen LogP contribution in [0.25, 0.3) is 22.9 Å². The van der Waals surface area contributed by atoms with Gasteiger partial charge in [0.05, 0.1) is 7.11 Å². The van der Waals surface area contributed by atoms with E-state index in [1.165, 1.54) is 0 Å². The van der Waals surface area contributed by atoms with Crippen LogP contribution in [-0.2, 0) is 6.54 Å². The fraction of sp³-hybridized carbons (Fsp3) is 0.125. The molecule has 3 aromatic carbocycles. The molecule has 156 valence electrons. The molecule has 1 aromatic heterocycles. The van der Waals surface area contributed by atoms with E-state index in [1.807, 2.05) is 30.3 Å². The van der Waals surface area contributed by atoms with Gasteiger partial charge in [0.2, 0.25) is 11.8 Å². The maximum atomic E-state index is 12.9. The van der Waals surface area contributed by atoms with Crippen molar-refractivity contribution in [1.29, 1.82) is 0 Å². The monoisotopic (exact) mass is 433 g/mol. The Bertz CT molecular complexity index is 1190. The van der Waals surface area contributed by atoms with Crippen LogP contribution in [-0.4, -0.2) is 35.2 Å². The van der Waals surface area contributed by atoms with Crippen LogP contribution in [0.5, 0.6) is 5.75 Å². The molecule has 0 saturated heterocycles. The Morgan fingerprint density at radius 2 is 1.61 bits per heavy atom. The van der Waals surface area contributed by atoms with Crippen LogP contribution in [0.2, 0.25) is 5.02 Å². The summed E-state index contributed by atoms with van der Waals surface area (Å²) >= 11 is 6.09. The van der Waals surface area contributed by atoms with Gasteiger partial charge in [0.15, 0.2) is 0 Å². The van der Waals surface area contributed by atoms with Gasteiger partial charge in [-0.25, -0.2) is 0 Å². The second-order valence-electron chi connectivity index (χ2n) is 6.97. The van der Waals surface area contributed by atoms with E-state index in [0.29, 0.717) is 34.7 Å². The highest BCUT2D eigenvalue weighted by Gasteiger charge is 2.16. The first-order valence-corrected chi connectivity index (χ1v) is 10.00. The van der Waals surface area contributed by atoms with Gasteiger partial charge in [-0.05, 0) is 54.6 Å². The van der Waals surface area contributed by atoms with E-state index >= 15 is 0 Å². The maximum Gasteiger partial charge on any atom is 0.253 e. The standard InChI is InChI=1S/C24H20ClN3O3/c1-28(15-19-14-20(25)12-13-21(19)30-2)24(29)18-10-8-17(9-11-18)23-27-26-22(31-23)16-6-4-3-5-7-16/h3-14H,15H2,1-2H3. The molecule has 0 unspecified atom stereocenters. The van der Waals surface area contributed by atoms with Crippen LogP contribution < -0.4 is 4.74 Å². The van der Waals surface area contributed by atoms with Gasteiger partial charge < -0.3 is 14.1 Å². The molecule has 0 N–H and O–H groups in total. The molecular weight excluding hydrogens is 414 g/mol. The minimum Gasteiger partial charge on any atom is -0.496 e. The van der Waals surface area contributed by atoms with Crippen LogP contribution in [0, 0.1) is 0 Å². The van der Waals surface area contributed by atoms with Crippen LogP contribution in [0.4, 0.5) is 0 Å². The quantitative estimate of drug-likeness (QED) is 0.410. The van der Waals surface area contributed by atoms with Crippen molar-refractivity contribution in [3.63, 3.8) is 0 Å². The van der Waals surface area contributed by atoms with Crippen molar-refractivity contribution in [2.45, 2.75) is 6.54 Å². The number of methoxy groups -OCH3 is 1. The SMILES string of the molecule is COc1ccc(Cl)cc1CN(C)C(=O)c1ccc(-c2nnc(-c3ccccc3)o2)cc1. The Labute approximate surface area is 185 Å². The molecule has 4 rings (SSSR count). The van der Waals surface area contributed by atoms with Gasteiger partial charge in [-0.2, -0.15) is 0 Å². The van der Waals surface area contributed by atoms with Crippen molar-refractivity contribution in [2.75, 3.05) is 14.2 Å². The van der Waals surface area contributed by atoms with Crippen molar-refractivity contribution in [2.24, 2.45) is 0 Å². The average Bonchev–Trinajstić information content (AvgIpc) is 3.30. The Hall–Kier alpha value is -3.64. The van der Waals surface area contributed by atoms with Crippen molar-refractivity contribution in [3.05, 3.63) is 88.9 Å². The third-order valence-electron chi connectivity index (χ3n) is 4.82. The zero-order chi connectivity index (χ0) is 21.8. The first-order valence-electron chi connectivity index (χ1n) is 9.62. The molecule has 0 aliphatic rings. The van der Waals surface area contributed by atoms with Crippen molar-refractivity contribution < 1.29 is 13.9 Å². The number of aromatic nitrogens is 2. The number of hydrogen-bond donors (Lipinski definition) is 0. The van der Waals surface area contributed by atoms with E-state index in [0.717, 1.165) is 16.7 Å². The highest BCUT2D eigenvalue weighted by Crippen LogP contribution is 2.26.